The molecule has 148 valence electrons. The Kier molecular flexibility index (Phi) is 4.86. The fourth-order valence-corrected chi connectivity index (χ4v) is 3.93. The molecule has 0 unspecified atom stereocenters. The van der Waals surface area contributed by atoms with Crippen LogP contribution in [0.5, 0.6) is 0 Å². The van der Waals surface area contributed by atoms with Gasteiger partial charge in [-0.05, 0) is 36.4 Å². The number of furan rings is 1. The minimum Gasteiger partial charge on any atom is -0.450 e. The number of hydrogen-bond donors (Lipinski definition) is 2. The zero-order valence-corrected chi connectivity index (χ0v) is 16.6. The maximum Gasteiger partial charge on any atom is 0.287 e. The molecule has 1 heterocycles. The van der Waals surface area contributed by atoms with E-state index in [0.29, 0.717) is 24.3 Å². The Labute approximate surface area is 168 Å². The highest BCUT2D eigenvalue weighted by atomic mass is 32.2. The normalized spacial score (nSPS) is 11.8. The van der Waals surface area contributed by atoms with E-state index in [-0.39, 0.29) is 10.8 Å². The lowest BCUT2D eigenvalue weighted by Crippen LogP contribution is -2.25. The predicted octanol–water partition coefficient (Wildman–Crippen LogP) is 3.51. The molecule has 29 heavy (non-hydrogen) atoms. The first-order valence-electron chi connectivity index (χ1n) is 9.15. The Balaban J connectivity index is 1.49. The van der Waals surface area contributed by atoms with E-state index in [1.54, 1.807) is 12.1 Å². The van der Waals surface area contributed by atoms with Crippen molar-refractivity contribution in [3.63, 3.8) is 0 Å². The number of carbonyl (C=O) groups is 1. The van der Waals surface area contributed by atoms with Gasteiger partial charge in [0, 0.05) is 22.9 Å². The van der Waals surface area contributed by atoms with E-state index in [1.807, 2.05) is 43.3 Å². The van der Waals surface area contributed by atoms with Crippen molar-refractivity contribution in [2.45, 2.75) is 18.2 Å². The molecule has 3 aromatic carbocycles. The number of fused-ring (bicyclic) bond motifs is 3. The molecule has 0 aliphatic rings. The number of nitrogens with two attached hydrogens (primary N) is 1. The van der Waals surface area contributed by atoms with Gasteiger partial charge in [0.05, 0.1) is 4.90 Å². The molecule has 1 amide bonds. The van der Waals surface area contributed by atoms with Gasteiger partial charge in [-0.1, -0.05) is 48.5 Å². The molecule has 4 rings (SSSR count). The number of aryl methyl sites for hydroxylation is 1. The zero-order chi connectivity index (χ0) is 20.6. The van der Waals surface area contributed by atoms with Crippen molar-refractivity contribution in [2.75, 3.05) is 6.54 Å². The third-order valence-corrected chi connectivity index (χ3v) is 5.91. The SMILES string of the molecule is Cc1c(C(=O)NCCc2ccc(S(N)(=O)=O)cc2)oc2c1ccc1ccccc12. The molecule has 0 saturated heterocycles. The molecule has 0 saturated carbocycles. The highest BCUT2D eigenvalue weighted by Gasteiger charge is 2.18. The van der Waals surface area contributed by atoms with Crippen LogP contribution >= 0.6 is 0 Å². The lowest BCUT2D eigenvalue weighted by molar-refractivity contribution is 0.0928. The number of sulfonamides is 1. The quantitative estimate of drug-likeness (QED) is 0.527. The number of primary sulfonamides is 1. The third kappa shape index (κ3) is 3.74. The summed E-state index contributed by atoms with van der Waals surface area (Å²) >= 11 is 0. The average molecular weight is 408 g/mol. The molecule has 0 atom stereocenters. The van der Waals surface area contributed by atoms with Crippen LogP contribution in [0.1, 0.15) is 21.7 Å². The van der Waals surface area contributed by atoms with E-state index in [1.165, 1.54) is 12.1 Å². The lowest BCUT2D eigenvalue weighted by atomic mass is 10.1. The summed E-state index contributed by atoms with van der Waals surface area (Å²) in [5, 5.41) is 10.9. The summed E-state index contributed by atoms with van der Waals surface area (Å²) < 4.78 is 28.5. The van der Waals surface area contributed by atoms with Gasteiger partial charge in [-0.25, -0.2) is 13.6 Å². The molecule has 6 nitrogen and oxygen atoms in total. The Morgan fingerprint density at radius 1 is 1.00 bits per heavy atom. The van der Waals surface area contributed by atoms with Crippen LogP contribution in [0, 0.1) is 6.92 Å². The lowest BCUT2D eigenvalue weighted by Gasteiger charge is -2.05. The molecule has 3 N–H and O–H groups in total. The second-order valence-corrected chi connectivity index (χ2v) is 8.48. The number of nitrogens with one attached hydrogen (secondary N) is 1. The Morgan fingerprint density at radius 2 is 1.72 bits per heavy atom. The van der Waals surface area contributed by atoms with Crippen molar-refractivity contribution in [3.8, 4) is 0 Å². The molecule has 0 spiro atoms. The monoisotopic (exact) mass is 408 g/mol. The van der Waals surface area contributed by atoms with E-state index >= 15 is 0 Å². The molecule has 0 radical (unpaired) electrons. The van der Waals surface area contributed by atoms with Gasteiger partial charge in [0.1, 0.15) is 5.58 Å². The molecule has 0 fully saturated rings. The minimum atomic E-state index is -3.71. The summed E-state index contributed by atoms with van der Waals surface area (Å²) in [6, 6.07) is 18.2. The van der Waals surface area contributed by atoms with E-state index in [4.69, 9.17) is 9.56 Å². The number of rotatable bonds is 5. The maximum absolute atomic E-state index is 12.6. The van der Waals surface area contributed by atoms with Crippen molar-refractivity contribution in [2.24, 2.45) is 5.14 Å². The molecule has 0 aliphatic heterocycles. The van der Waals surface area contributed by atoms with Crippen molar-refractivity contribution >= 4 is 37.7 Å². The molecule has 7 heteroatoms. The van der Waals surface area contributed by atoms with Crippen LogP contribution < -0.4 is 10.5 Å². The zero-order valence-electron chi connectivity index (χ0n) is 15.8. The molecular weight excluding hydrogens is 388 g/mol. The van der Waals surface area contributed by atoms with Gasteiger partial charge in [-0.3, -0.25) is 4.79 Å². The highest BCUT2D eigenvalue weighted by Crippen LogP contribution is 2.31. The number of benzene rings is 3. The van der Waals surface area contributed by atoms with Gasteiger partial charge >= 0.3 is 0 Å². The average Bonchev–Trinajstić information content (AvgIpc) is 3.05. The van der Waals surface area contributed by atoms with Gasteiger partial charge in [0.2, 0.25) is 10.0 Å². The van der Waals surface area contributed by atoms with Crippen LogP contribution in [0.2, 0.25) is 0 Å². The molecule has 1 aromatic heterocycles. The Morgan fingerprint density at radius 3 is 2.45 bits per heavy atom. The van der Waals surface area contributed by atoms with Crippen molar-refractivity contribution < 1.29 is 17.6 Å². The predicted molar refractivity (Wildman–Crippen MR) is 112 cm³/mol. The fraction of sp³-hybridized carbons (Fsp3) is 0.136. The second-order valence-electron chi connectivity index (χ2n) is 6.91. The van der Waals surface area contributed by atoms with Crippen LogP contribution in [0.15, 0.2) is 70.0 Å². The highest BCUT2D eigenvalue weighted by molar-refractivity contribution is 7.89. The molecule has 0 aliphatic carbocycles. The number of amides is 1. The Bertz CT molecular complexity index is 1320. The Hall–Kier alpha value is -3.16. The van der Waals surface area contributed by atoms with E-state index in [2.05, 4.69) is 5.32 Å². The maximum atomic E-state index is 12.6. The summed E-state index contributed by atoms with van der Waals surface area (Å²) in [6.45, 7) is 2.27. The molecular formula is C22H20N2O4S. The first kappa shape index (κ1) is 19.2. The van der Waals surface area contributed by atoms with Crippen molar-refractivity contribution in [3.05, 3.63) is 77.6 Å². The van der Waals surface area contributed by atoms with Crippen LogP contribution in [0.25, 0.3) is 21.7 Å². The fourth-order valence-electron chi connectivity index (χ4n) is 3.41. The first-order chi connectivity index (χ1) is 13.8. The number of carbonyl (C=O) groups excluding carboxylic acids is 1. The standard InChI is InChI=1S/C22H20N2O4S/c1-14-18-11-8-16-4-2-3-5-19(16)21(18)28-20(14)22(25)24-13-12-15-6-9-17(10-7-15)29(23,26)27/h2-11H,12-13H2,1H3,(H,24,25)(H2,23,26,27). The largest absolute Gasteiger partial charge is 0.450 e. The van der Waals surface area contributed by atoms with Crippen LogP contribution in [0.3, 0.4) is 0 Å². The van der Waals surface area contributed by atoms with Crippen LogP contribution in [-0.4, -0.2) is 20.9 Å². The van der Waals surface area contributed by atoms with Crippen LogP contribution in [0.4, 0.5) is 0 Å². The second kappa shape index (κ2) is 7.35. The smallest absolute Gasteiger partial charge is 0.287 e. The minimum absolute atomic E-state index is 0.0652. The van der Waals surface area contributed by atoms with Gasteiger partial charge in [-0.15, -0.1) is 0 Å². The summed E-state index contributed by atoms with van der Waals surface area (Å²) in [4.78, 5) is 12.7. The van der Waals surface area contributed by atoms with Crippen molar-refractivity contribution in [1.82, 2.24) is 5.32 Å². The van der Waals surface area contributed by atoms with Gasteiger partial charge in [0.15, 0.2) is 5.76 Å². The van der Waals surface area contributed by atoms with E-state index in [9.17, 15) is 13.2 Å². The van der Waals surface area contributed by atoms with E-state index in [0.717, 1.165) is 27.3 Å². The third-order valence-electron chi connectivity index (χ3n) is 4.99. The summed E-state index contributed by atoms with van der Waals surface area (Å²) in [7, 11) is -3.71. The van der Waals surface area contributed by atoms with E-state index < -0.39 is 10.0 Å². The molecule has 0 bridgehead atoms. The van der Waals surface area contributed by atoms with Crippen molar-refractivity contribution in [1.29, 1.82) is 0 Å². The molecule has 4 aromatic rings. The first-order valence-corrected chi connectivity index (χ1v) is 10.7. The van der Waals surface area contributed by atoms with Gasteiger partial charge < -0.3 is 9.73 Å². The number of hydrogen-bond acceptors (Lipinski definition) is 4. The topological polar surface area (TPSA) is 102 Å². The van der Waals surface area contributed by atoms with Crippen LogP contribution in [-0.2, 0) is 16.4 Å². The summed E-state index contributed by atoms with van der Waals surface area (Å²) in [5.41, 5.74) is 2.41. The van der Waals surface area contributed by atoms with Gasteiger partial charge in [0.25, 0.3) is 5.91 Å². The summed E-state index contributed by atoms with van der Waals surface area (Å²) in [5.74, 6) is 0.0323. The summed E-state index contributed by atoms with van der Waals surface area (Å²) in [6.07, 6.45) is 0.554. The van der Waals surface area contributed by atoms with Gasteiger partial charge in [-0.2, -0.15) is 0 Å².